The van der Waals surface area contributed by atoms with Crippen molar-refractivity contribution >= 4 is 35.6 Å². The van der Waals surface area contributed by atoms with Gasteiger partial charge in [0.1, 0.15) is 5.75 Å². The van der Waals surface area contributed by atoms with Crippen molar-refractivity contribution in [2.75, 3.05) is 11.9 Å². The molecule has 0 unspecified atom stereocenters. The third-order valence-electron chi connectivity index (χ3n) is 3.30. The molecule has 0 heterocycles. The van der Waals surface area contributed by atoms with Gasteiger partial charge >= 0.3 is 0 Å². The van der Waals surface area contributed by atoms with Crippen LogP contribution in [0.25, 0.3) is 0 Å². The number of aliphatic imine (C=N–C) groups is 1. The molecule has 4 nitrogen and oxygen atoms in total. The summed E-state index contributed by atoms with van der Waals surface area (Å²) in [5, 5.41) is 3.14. The lowest BCUT2D eigenvalue weighted by molar-refractivity contribution is 0.317. The van der Waals surface area contributed by atoms with Gasteiger partial charge in [0.15, 0.2) is 5.96 Å². The molecule has 0 bridgehead atoms. The van der Waals surface area contributed by atoms with E-state index < -0.39 is 0 Å². The largest absolute Gasteiger partial charge is 0.494 e. The van der Waals surface area contributed by atoms with Gasteiger partial charge in [0.2, 0.25) is 0 Å². The molecule has 0 aromatic heterocycles. The Hall–Kier alpha value is -1.76. The fourth-order valence-electron chi connectivity index (χ4n) is 2.36. The molecule has 0 amide bonds. The minimum absolute atomic E-state index is 0. The Labute approximate surface area is 161 Å². The van der Waals surface area contributed by atoms with Crippen molar-refractivity contribution in [3.8, 4) is 5.75 Å². The van der Waals surface area contributed by atoms with Crippen molar-refractivity contribution in [2.24, 2.45) is 10.7 Å². The molecule has 0 aliphatic heterocycles. The Morgan fingerprint density at radius 3 is 2.50 bits per heavy atom. The second kappa shape index (κ2) is 10.2. The topological polar surface area (TPSA) is 59.6 Å². The predicted molar refractivity (Wildman–Crippen MR) is 113 cm³/mol. The van der Waals surface area contributed by atoms with Gasteiger partial charge in [-0.2, -0.15) is 0 Å². The number of nitrogens with two attached hydrogens (primary N) is 1. The minimum atomic E-state index is 0. The second-order valence-corrected chi connectivity index (χ2v) is 5.70. The number of rotatable bonds is 6. The van der Waals surface area contributed by atoms with Crippen molar-refractivity contribution in [1.82, 2.24) is 0 Å². The van der Waals surface area contributed by atoms with E-state index in [0.717, 1.165) is 30.0 Å². The highest BCUT2D eigenvalue weighted by molar-refractivity contribution is 14.0. The predicted octanol–water partition coefficient (Wildman–Crippen LogP) is 4.64. The third kappa shape index (κ3) is 6.78. The average molecular weight is 439 g/mol. The number of nitrogens with zero attached hydrogens (tertiary/aromatic N) is 1. The molecule has 130 valence electrons. The van der Waals surface area contributed by atoms with E-state index in [1.54, 1.807) is 0 Å². The summed E-state index contributed by atoms with van der Waals surface area (Å²) in [5.41, 5.74) is 10.4. The summed E-state index contributed by atoms with van der Waals surface area (Å²) in [6.07, 6.45) is 0.995. The van der Waals surface area contributed by atoms with E-state index in [-0.39, 0.29) is 24.0 Å². The van der Waals surface area contributed by atoms with E-state index in [1.165, 1.54) is 11.1 Å². The molecule has 0 aliphatic carbocycles. The number of halogens is 1. The van der Waals surface area contributed by atoms with Gasteiger partial charge in [-0.15, -0.1) is 24.0 Å². The number of benzene rings is 2. The summed E-state index contributed by atoms with van der Waals surface area (Å²) in [4.78, 5) is 4.40. The molecule has 24 heavy (non-hydrogen) atoms. The molecule has 5 heteroatoms. The summed E-state index contributed by atoms with van der Waals surface area (Å²) < 4.78 is 5.63. The molecule has 3 N–H and O–H groups in total. The highest BCUT2D eigenvalue weighted by Gasteiger charge is 1.99. The first kappa shape index (κ1) is 20.3. The maximum Gasteiger partial charge on any atom is 0.193 e. The molecule has 0 spiro atoms. The first-order chi connectivity index (χ1) is 11.1. The number of hydrogen-bond acceptors (Lipinski definition) is 2. The van der Waals surface area contributed by atoms with Crippen LogP contribution in [0.4, 0.5) is 5.69 Å². The van der Waals surface area contributed by atoms with Crippen molar-refractivity contribution in [2.45, 2.75) is 33.7 Å². The third-order valence-corrected chi connectivity index (χ3v) is 3.30. The van der Waals surface area contributed by atoms with Crippen LogP contribution in [0.5, 0.6) is 5.75 Å². The number of guanidine groups is 1. The van der Waals surface area contributed by atoms with Crippen LogP contribution in [-0.4, -0.2) is 12.6 Å². The van der Waals surface area contributed by atoms with Crippen LogP contribution < -0.4 is 15.8 Å². The second-order valence-electron chi connectivity index (χ2n) is 5.70. The van der Waals surface area contributed by atoms with Crippen LogP contribution in [0.2, 0.25) is 0 Å². The zero-order valence-electron chi connectivity index (χ0n) is 14.5. The average Bonchev–Trinajstić information content (AvgIpc) is 2.50. The number of hydrogen-bond donors (Lipinski definition) is 2. The van der Waals surface area contributed by atoms with Crippen LogP contribution in [-0.2, 0) is 6.54 Å². The molecule has 0 saturated carbocycles. The van der Waals surface area contributed by atoms with Crippen LogP contribution in [0, 0.1) is 13.8 Å². The molecule has 0 saturated heterocycles. The lowest BCUT2D eigenvalue weighted by Gasteiger charge is -2.09. The molecule has 0 fully saturated rings. The molecule has 2 aromatic carbocycles. The van der Waals surface area contributed by atoms with Crippen molar-refractivity contribution in [3.05, 3.63) is 59.2 Å². The fourth-order valence-corrected chi connectivity index (χ4v) is 2.36. The lowest BCUT2D eigenvalue weighted by atomic mass is 10.1. The summed E-state index contributed by atoms with van der Waals surface area (Å²) in [7, 11) is 0. The van der Waals surface area contributed by atoms with Crippen LogP contribution in [0.3, 0.4) is 0 Å². The maximum absolute atomic E-state index is 5.98. The Balaban J connectivity index is 0.00000288. The van der Waals surface area contributed by atoms with E-state index in [0.29, 0.717) is 12.5 Å². The minimum Gasteiger partial charge on any atom is -0.494 e. The molecule has 2 rings (SSSR count). The Kier molecular flexibility index (Phi) is 8.60. The smallest absolute Gasteiger partial charge is 0.193 e. The number of anilines is 1. The Morgan fingerprint density at radius 2 is 1.83 bits per heavy atom. The standard InChI is InChI=1S/C19H25N3O.HI/c1-4-8-23-18-7-5-6-16(12-18)13-21-19(20)22-17-10-14(2)9-15(3)11-17;/h5-7,9-12H,4,8,13H2,1-3H3,(H3,20,21,22);1H. The van der Waals surface area contributed by atoms with E-state index in [1.807, 2.05) is 24.3 Å². The molecule has 0 aliphatic rings. The quantitative estimate of drug-likeness (QED) is 0.392. The number of aryl methyl sites for hydroxylation is 2. The summed E-state index contributed by atoms with van der Waals surface area (Å²) >= 11 is 0. The van der Waals surface area contributed by atoms with Gasteiger partial charge in [-0.25, -0.2) is 4.99 Å². The molecule has 0 atom stereocenters. The first-order valence-electron chi connectivity index (χ1n) is 7.94. The first-order valence-corrected chi connectivity index (χ1v) is 7.94. The lowest BCUT2D eigenvalue weighted by Crippen LogP contribution is -2.22. The highest BCUT2D eigenvalue weighted by Crippen LogP contribution is 2.15. The van der Waals surface area contributed by atoms with E-state index >= 15 is 0 Å². The van der Waals surface area contributed by atoms with Gasteiger partial charge in [0, 0.05) is 5.69 Å². The maximum atomic E-state index is 5.98. The Bertz CT molecular complexity index is 666. The monoisotopic (exact) mass is 439 g/mol. The highest BCUT2D eigenvalue weighted by atomic mass is 127. The van der Waals surface area contributed by atoms with Gasteiger partial charge < -0.3 is 15.8 Å². The zero-order valence-corrected chi connectivity index (χ0v) is 16.8. The van der Waals surface area contributed by atoms with Gasteiger partial charge in [0.25, 0.3) is 0 Å². The SMILES string of the molecule is CCCOc1cccc(CN=C(N)Nc2cc(C)cc(C)c2)c1.I. The van der Waals surface area contributed by atoms with Crippen molar-refractivity contribution in [3.63, 3.8) is 0 Å². The summed E-state index contributed by atoms with van der Waals surface area (Å²) in [6, 6.07) is 14.2. The Morgan fingerprint density at radius 1 is 1.12 bits per heavy atom. The molecule has 0 radical (unpaired) electrons. The summed E-state index contributed by atoms with van der Waals surface area (Å²) in [6.45, 7) is 7.46. The van der Waals surface area contributed by atoms with Gasteiger partial charge in [-0.3, -0.25) is 0 Å². The zero-order chi connectivity index (χ0) is 16.7. The van der Waals surface area contributed by atoms with Crippen molar-refractivity contribution in [1.29, 1.82) is 0 Å². The van der Waals surface area contributed by atoms with E-state index in [9.17, 15) is 0 Å². The van der Waals surface area contributed by atoms with Gasteiger partial charge in [0.05, 0.1) is 13.2 Å². The number of nitrogens with one attached hydrogen (secondary N) is 1. The van der Waals surface area contributed by atoms with Gasteiger partial charge in [-0.05, 0) is 61.2 Å². The normalized spacial score (nSPS) is 10.9. The molecular weight excluding hydrogens is 413 g/mol. The molecular formula is C19H26IN3O. The van der Waals surface area contributed by atoms with E-state index in [2.05, 4.69) is 49.3 Å². The summed E-state index contributed by atoms with van der Waals surface area (Å²) in [5.74, 6) is 1.29. The van der Waals surface area contributed by atoms with E-state index in [4.69, 9.17) is 10.5 Å². The van der Waals surface area contributed by atoms with Crippen molar-refractivity contribution < 1.29 is 4.74 Å². The van der Waals surface area contributed by atoms with Gasteiger partial charge in [-0.1, -0.05) is 25.1 Å². The van der Waals surface area contributed by atoms with Crippen LogP contribution >= 0.6 is 24.0 Å². The van der Waals surface area contributed by atoms with Crippen LogP contribution in [0.1, 0.15) is 30.0 Å². The number of ether oxygens (including phenoxy) is 1. The van der Waals surface area contributed by atoms with Crippen LogP contribution in [0.15, 0.2) is 47.5 Å². The molecule has 2 aromatic rings. The fraction of sp³-hybridized carbons (Fsp3) is 0.316.